The van der Waals surface area contributed by atoms with Crippen molar-refractivity contribution in [1.82, 2.24) is 15.1 Å². The van der Waals surface area contributed by atoms with Crippen molar-refractivity contribution in [3.63, 3.8) is 0 Å². The maximum Gasteiger partial charge on any atom is 0.322 e. The third-order valence-electron chi connectivity index (χ3n) is 2.81. The summed E-state index contributed by atoms with van der Waals surface area (Å²) in [6.07, 6.45) is 5.02. The molecule has 1 saturated carbocycles. The summed E-state index contributed by atoms with van der Waals surface area (Å²) >= 11 is 0. The first-order chi connectivity index (χ1) is 8.36. The van der Waals surface area contributed by atoms with Crippen molar-refractivity contribution in [2.24, 2.45) is 0 Å². The van der Waals surface area contributed by atoms with Crippen LogP contribution in [0.4, 0.5) is 6.01 Å². The maximum atomic E-state index is 5.16. The molecule has 1 aliphatic carbocycles. The Kier molecular flexibility index (Phi) is 2.51. The molecule has 1 fully saturated rings. The van der Waals surface area contributed by atoms with Gasteiger partial charge in [0.25, 0.3) is 0 Å². The lowest BCUT2D eigenvalue weighted by atomic mass is 10.1. The highest BCUT2D eigenvalue weighted by Gasteiger charge is 2.23. The fourth-order valence-electron chi connectivity index (χ4n) is 1.71. The minimum atomic E-state index is 0.496. The molecule has 0 aromatic carbocycles. The molecule has 0 radical (unpaired) electrons. The van der Waals surface area contributed by atoms with Crippen LogP contribution in [0.3, 0.4) is 0 Å². The molecule has 0 atom stereocenters. The van der Waals surface area contributed by atoms with Gasteiger partial charge in [0.15, 0.2) is 0 Å². The summed E-state index contributed by atoms with van der Waals surface area (Å²) in [6, 6.07) is 4.96. The maximum absolute atomic E-state index is 5.16. The van der Waals surface area contributed by atoms with Gasteiger partial charge in [-0.25, -0.2) is 0 Å². The van der Waals surface area contributed by atoms with Crippen molar-refractivity contribution in [1.29, 1.82) is 0 Å². The number of aromatic nitrogens is 3. The third kappa shape index (κ3) is 2.13. The molecular formula is C12H14N4O. The van der Waals surface area contributed by atoms with Crippen LogP contribution in [0.1, 0.15) is 25.3 Å². The average molecular weight is 230 g/mol. The molecule has 3 rings (SSSR count). The lowest BCUT2D eigenvalue weighted by Crippen LogP contribution is -2.00. The Labute approximate surface area is 99.3 Å². The van der Waals surface area contributed by atoms with E-state index in [1.54, 1.807) is 6.20 Å². The average Bonchev–Trinajstić information content (AvgIpc) is 3.05. The molecule has 88 valence electrons. The number of hydrogen-bond acceptors (Lipinski definition) is 5. The highest BCUT2D eigenvalue weighted by molar-refractivity contribution is 5.55. The molecule has 0 saturated heterocycles. The number of rotatable bonds is 4. The van der Waals surface area contributed by atoms with Gasteiger partial charge in [0.05, 0.1) is 0 Å². The van der Waals surface area contributed by atoms with E-state index in [9.17, 15) is 0 Å². The van der Waals surface area contributed by atoms with Gasteiger partial charge in [-0.2, -0.15) is 4.98 Å². The van der Waals surface area contributed by atoms with Crippen molar-refractivity contribution < 1.29 is 4.52 Å². The van der Waals surface area contributed by atoms with Gasteiger partial charge >= 0.3 is 6.01 Å². The number of nitrogens with one attached hydrogen (secondary N) is 1. The Balaban J connectivity index is 1.88. The molecule has 1 aliphatic rings. The van der Waals surface area contributed by atoms with E-state index in [4.69, 9.17) is 4.52 Å². The lowest BCUT2D eigenvalue weighted by Gasteiger charge is -2.00. The van der Waals surface area contributed by atoms with Gasteiger partial charge in [-0.05, 0) is 30.9 Å². The van der Waals surface area contributed by atoms with Crippen molar-refractivity contribution in [3.8, 4) is 11.5 Å². The van der Waals surface area contributed by atoms with Gasteiger partial charge in [0.2, 0.25) is 5.82 Å². The zero-order valence-electron chi connectivity index (χ0n) is 9.68. The normalized spacial score (nSPS) is 14.9. The number of pyridine rings is 1. The molecule has 0 bridgehead atoms. The second-order valence-corrected chi connectivity index (χ2v) is 4.21. The van der Waals surface area contributed by atoms with E-state index in [2.05, 4.69) is 27.4 Å². The third-order valence-corrected chi connectivity index (χ3v) is 2.81. The Morgan fingerprint density at radius 2 is 2.35 bits per heavy atom. The molecule has 0 spiro atoms. The SMILES string of the molecule is CCc1cccnc1-c1noc(NC2CC2)n1. The van der Waals surface area contributed by atoms with Crippen molar-refractivity contribution in [2.75, 3.05) is 5.32 Å². The largest absolute Gasteiger partial charge is 0.335 e. The van der Waals surface area contributed by atoms with Gasteiger partial charge in [-0.3, -0.25) is 4.98 Å². The van der Waals surface area contributed by atoms with Crippen LogP contribution in [0.25, 0.3) is 11.5 Å². The predicted molar refractivity (Wildman–Crippen MR) is 63.6 cm³/mol. The highest BCUT2D eigenvalue weighted by Crippen LogP contribution is 2.25. The molecule has 5 heteroatoms. The van der Waals surface area contributed by atoms with E-state index in [1.807, 2.05) is 12.1 Å². The second-order valence-electron chi connectivity index (χ2n) is 4.21. The molecule has 2 heterocycles. The summed E-state index contributed by atoms with van der Waals surface area (Å²) in [4.78, 5) is 8.63. The summed E-state index contributed by atoms with van der Waals surface area (Å²) < 4.78 is 5.16. The van der Waals surface area contributed by atoms with Crippen molar-refractivity contribution in [3.05, 3.63) is 23.9 Å². The van der Waals surface area contributed by atoms with Gasteiger partial charge in [-0.1, -0.05) is 18.1 Å². The second kappa shape index (κ2) is 4.16. The summed E-state index contributed by atoms with van der Waals surface area (Å²) in [5, 5.41) is 7.14. The van der Waals surface area contributed by atoms with Crippen LogP contribution in [0.5, 0.6) is 0 Å². The fourth-order valence-corrected chi connectivity index (χ4v) is 1.71. The molecule has 2 aromatic rings. The Bertz CT molecular complexity index is 519. The van der Waals surface area contributed by atoms with Crippen LogP contribution in [0, 0.1) is 0 Å². The van der Waals surface area contributed by atoms with Crippen LogP contribution in [-0.4, -0.2) is 21.2 Å². The molecule has 0 amide bonds. The monoisotopic (exact) mass is 230 g/mol. The summed E-state index contributed by atoms with van der Waals surface area (Å²) in [5.74, 6) is 0.561. The number of nitrogens with zero attached hydrogens (tertiary/aromatic N) is 3. The lowest BCUT2D eigenvalue weighted by molar-refractivity contribution is 0.431. The minimum Gasteiger partial charge on any atom is -0.335 e. The van der Waals surface area contributed by atoms with Crippen molar-refractivity contribution in [2.45, 2.75) is 32.2 Å². The van der Waals surface area contributed by atoms with Crippen LogP contribution in [0.15, 0.2) is 22.9 Å². The first-order valence-electron chi connectivity index (χ1n) is 5.91. The van der Waals surface area contributed by atoms with E-state index in [0.717, 1.165) is 17.7 Å². The van der Waals surface area contributed by atoms with Gasteiger partial charge < -0.3 is 9.84 Å². The zero-order chi connectivity index (χ0) is 11.7. The summed E-state index contributed by atoms with van der Waals surface area (Å²) in [7, 11) is 0. The summed E-state index contributed by atoms with van der Waals surface area (Å²) in [6.45, 7) is 2.09. The molecular weight excluding hydrogens is 216 g/mol. The number of anilines is 1. The first kappa shape index (κ1) is 10.3. The van der Waals surface area contributed by atoms with E-state index < -0.39 is 0 Å². The number of aryl methyl sites for hydroxylation is 1. The molecule has 1 N–H and O–H groups in total. The Morgan fingerprint density at radius 3 is 3.12 bits per heavy atom. The van der Waals surface area contributed by atoms with Crippen LogP contribution < -0.4 is 5.32 Å². The Morgan fingerprint density at radius 1 is 1.47 bits per heavy atom. The minimum absolute atomic E-state index is 0.496. The van der Waals surface area contributed by atoms with Crippen LogP contribution in [-0.2, 0) is 6.42 Å². The molecule has 0 aliphatic heterocycles. The first-order valence-corrected chi connectivity index (χ1v) is 5.91. The number of hydrogen-bond donors (Lipinski definition) is 1. The van der Waals surface area contributed by atoms with E-state index in [-0.39, 0.29) is 0 Å². The van der Waals surface area contributed by atoms with Gasteiger partial charge in [0, 0.05) is 12.2 Å². The zero-order valence-corrected chi connectivity index (χ0v) is 9.68. The van der Waals surface area contributed by atoms with Gasteiger partial charge in [-0.15, -0.1) is 0 Å². The molecule has 17 heavy (non-hydrogen) atoms. The molecule has 2 aromatic heterocycles. The summed E-state index contributed by atoms with van der Waals surface area (Å²) in [5.41, 5.74) is 1.94. The van der Waals surface area contributed by atoms with Crippen LogP contribution >= 0.6 is 0 Å². The Hall–Kier alpha value is -1.91. The van der Waals surface area contributed by atoms with E-state index >= 15 is 0 Å². The van der Waals surface area contributed by atoms with Crippen LogP contribution in [0.2, 0.25) is 0 Å². The molecule has 0 unspecified atom stereocenters. The fraction of sp³-hybridized carbons (Fsp3) is 0.417. The smallest absolute Gasteiger partial charge is 0.322 e. The predicted octanol–water partition coefficient (Wildman–Crippen LogP) is 2.27. The topological polar surface area (TPSA) is 63.8 Å². The quantitative estimate of drug-likeness (QED) is 0.872. The standard InChI is InChI=1S/C12H14N4O/c1-2-8-4-3-7-13-10(8)11-15-12(17-16-11)14-9-5-6-9/h3-4,7,9H,2,5-6H2,1H3,(H,14,15,16). The van der Waals surface area contributed by atoms with Crippen molar-refractivity contribution >= 4 is 6.01 Å². The van der Waals surface area contributed by atoms with E-state index in [0.29, 0.717) is 17.9 Å². The van der Waals surface area contributed by atoms with Gasteiger partial charge in [0.1, 0.15) is 5.69 Å². The highest BCUT2D eigenvalue weighted by atomic mass is 16.5. The molecule has 5 nitrogen and oxygen atoms in total. The van der Waals surface area contributed by atoms with E-state index in [1.165, 1.54) is 12.8 Å².